The van der Waals surface area contributed by atoms with Crippen LogP contribution < -0.4 is 16.3 Å². The average molecular weight is 952 g/mol. The molecule has 14 heteroatoms. The predicted octanol–water partition coefficient (Wildman–Crippen LogP) is 8.99. The van der Waals surface area contributed by atoms with Gasteiger partial charge in [0.05, 0.1) is 60.6 Å². The highest BCUT2D eigenvalue weighted by molar-refractivity contribution is 6.62. The molecule has 3 aromatic carbocycles. The van der Waals surface area contributed by atoms with E-state index in [1.165, 1.54) is 22.3 Å². The van der Waals surface area contributed by atoms with E-state index in [0.29, 0.717) is 39.0 Å². The molecule has 4 saturated heterocycles. The molecule has 0 saturated carbocycles. The molecule has 13 nitrogen and oxygen atoms in total. The molecule has 5 aromatic rings. The summed E-state index contributed by atoms with van der Waals surface area (Å²) < 4.78 is 40.2. The van der Waals surface area contributed by atoms with Crippen LogP contribution in [0, 0.1) is 5.41 Å². The van der Waals surface area contributed by atoms with Gasteiger partial charge in [-0.15, -0.1) is 0 Å². The molecule has 6 heterocycles. The van der Waals surface area contributed by atoms with Gasteiger partial charge in [-0.3, -0.25) is 20.1 Å². The predicted molar refractivity (Wildman–Crippen MR) is 272 cm³/mol. The Bertz CT molecular complexity index is 2690. The van der Waals surface area contributed by atoms with E-state index >= 15 is 0 Å². The number of esters is 1. The minimum Gasteiger partial charge on any atom is -0.464 e. The number of morpholine rings is 1. The van der Waals surface area contributed by atoms with Crippen molar-refractivity contribution in [1.29, 1.82) is 0 Å². The number of hydrogen-bond donors (Lipinski definition) is 2. The summed E-state index contributed by atoms with van der Waals surface area (Å²) in [6.07, 6.45) is 5.10. The number of ether oxygens (including phenoxy) is 4. The summed E-state index contributed by atoms with van der Waals surface area (Å²) in [5.41, 5.74) is 16.8. The number of carbonyl (C=O) groups excluding carboxylic acids is 2. The number of nitrogens with one attached hydrogen (secondary N) is 2. The Morgan fingerprint density at radius 3 is 2.21 bits per heavy atom. The fourth-order valence-corrected chi connectivity index (χ4v) is 11.6. The van der Waals surface area contributed by atoms with Crippen molar-refractivity contribution < 1.29 is 37.8 Å². The summed E-state index contributed by atoms with van der Waals surface area (Å²) in [6.45, 7) is 19.8. The molecule has 2 bridgehead atoms. The number of amides is 1. The molecule has 10 rings (SSSR count). The van der Waals surface area contributed by atoms with Crippen molar-refractivity contribution in [2.45, 2.75) is 141 Å². The number of hydrazine groups is 1. The number of piperidine rings is 1. The lowest BCUT2D eigenvalue weighted by Crippen LogP contribution is -2.58. The first-order valence-electron chi connectivity index (χ1n) is 25.5. The second kappa shape index (κ2) is 19.2. The Labute approximate surface area is 413 Å². The van der Waals surface area contributed by atoms with Crippen LogP contribution in [-0.2, 0) is 46.0 Å². The molecule has 5 aliphatic rings. The van der Waals surface area contributed by atoms with E-state index in [4.69, 9.17) is 33.2 Å². The number of carbonyl (C=O) groups is 2. The van der Waals surface area contributed by atoms with Crippen molar-refractivity contribution in [1.82, 2.24) is 25.3 Å². The van der Waals surface area contributed by atoms with Gasteiger partial charge in [-0.1, -0.05) is 74.5 Å². The lowest BCUT2D eigenvalue weighted by Gasteiger charge is -2.47. The highest BCUT2D eigenvalue weighted by Gasteiger charge is 2.52. The van der Waals surface area contributed by atoms with Crippen LogP contribution in [-0.4, -0.2) is 103 Å². The van der Waals surface area contributed by atoms with Gasteiger partial charge in [0.15, 0.2) is 0 Å². The molecule has 4 aliphatic heterocycles. The van der Waals surface area contributed by atoms with Crippen LogP contribution in [0.15, 0.2) is 79.0 Å². The van der Waals surface area contributed by atoms with E-state index in [1.54, 1.807) is 7.11 Å². The minimum atomic E-state index is -0.543. The Morgan fingerprint density at radius 2 is 1.59 bits per heavy atom. The van der Waals surface area contributed by atoms with Crippen LogP contribution in [0.2, 0.25) is 0 Å². The zero-order valence-corrected chi connectivity index (χ0v) is 42.4. The van der Waals surface area contributed by atoms with Gasteiger partial charge in [-0.05, 0) is 131 Å². The molecule has 1 unspecified atom stereocenters. The highest BCUT2D eigenvalue weighted by Crippen LogP contribution is 2.47. The van der Waals surface area contributed by atoms with E-state index < -0.39 is 23.7 Å². The van der Waals surface area contributed by atoms with Gasteiger partial charge in [0.2, 0.25) is 0 Å². The smallest absolute Gasteiger partial charge is 0.464 e. The Hall–Kier alpha value is -5.09. The fraction of sp³-hybridized carbons (Fsp3) is 0.518. The Morgan fingerprint density at radius 1 is 0.914 bits per heavy atom. The zero-order chi connectivity index (χ0) is 49.1. The van der Waals surface area contributed by atoms with Crippen LogP contribution in [0.3, 0.4) is 0 Å². The summed E-state index contributed by atoms with van der Waals surface area (Å²) in [7, 11) is 1.18. The lowest BCUT2D eigenvalue weighted by molar-refractivity contribution is -0.150. The normalized spacial score (nSPS) is 23.3. The summed E-state index contributed by atoms with van der Waals surface area (Å²) in [6, 6.07) is 25.1. The third-order valence-corrected chi connectivity index (χ3v) is 16.1. The molecule has 4 fully saturated rings. The van der Waals surface area contributed by atoms with Crippen LogP contribution >= 0.6 is 0 Å². The third kappa shape index (κ3) is 8.98. The fourth-order valence-electron chi connectivity index (χ4n) is 11.6. The minimum absolute atomic E-state index is 0.0154. The average Bonchev–Trinajstić information content (AvgIpc) is 3.93. The third-order valence-electron chi connectivity index (χ3n) is 16.1. The largest absolute Gasteiger partial charge is 0.494 e. The van der Waals surface area contributed by atoms with Crippen LogP contribution in [0.25, 0.3) is 33.3 Å². The summed E-state index contributed by atoms with van der Waals surface area (Å²) in [5, 5.41) is 1.09. The molecule has 370 valence electrons. The van der Waals surface area contributed by atoms with Crippen molar-refractivity contribution in [3.05, 3.63) is 107 Å². The number of nitrogens with zero attached hydrogens (tertiary/aromatic N) is 3. The topological polar surface area (TPSA) is 135 Å². The van der Waals surface area contributed by atoms with Gasteiger partial charge >= 0.3 is 19.2 Å². The number of methoxy groups -OCH3 is 1. The maximum Gasteiger partial charge on any atom is 0.494 e. The molecular weight excluding hydrogens is 881 g/mol. The summed E-state index contributed by atoms with van der Waals surface area (Å²) in [4.78, 5) is 34.8. The standard InChI is InChI=1S/C56H70BN5O8/c1-10-61-49-22-21-37(57-69-55(5,6)56(7,8)70-57)27-44(49)46(28-54(3,4)33-68-52(63)48-20-15-23-59-60-48)51(61)45-26-36(29-58-50(45)34(2)65-9)35-24-38-30-66-31-39(25-35)62(38)53(64)67-32-47-42-18-13-11-16-40(42)41-17-12-14-19-43(41)47/h11-14,16-19,21-22,26-27,29,34-35,38-39,47-48,59-60H,10,15,20,23-25,28,30-33H2,1-9H3/t34-,35?,38-,39+,48-/m0/s1. The second-order valence-corrected chi connectivity index (χ2v) is 22.0. The Kier molecular flexibility index (Phi) is 13.3. The Balaban J connectivity index is 0.983. The molecule has 1 amide bonds. The second-order valence-electron chi connectivity index (χ2n) is 22.0. The van der Waals surface area contributed by atoms with Crippen LogP contribution in [0.5, 0.6) is 0 Å². The van der Waals surface area contributed by atoms with Gasteiger partial charge in [0, 0.05) is 54.2 Å². The first-order valence-corrected chi connectivity index (χ1v) is 25.5. The van der Waals surface area contributed by atoms with Crippen LogP contribution in [0.4, 0.5) is 4.79 Å². The number of aryl methyl sites for hydroxylation is 1. The maximum absolute atomic E-state index is 14.2. The van der Waals surface area contributed by atoms with Crippen molar-refractivity contribution in [3.63, 3.8) is 0 Å². The molecule has 5 atom stereocenters. The number of fused-ring (bicyclic) bond motifs is 6. The van der Waals surface area contributed by atoms with Gasteiger partial charge in [0.25, 0.3) is 0 Å². The van der Waals surface area contributed by atoms with Gasteiger partial charge in [-0.25, -0.2) is 10.2 Å². The van der Waals surface area contributed by atoms with Crippen molar-refractivity contribution >= 4 is 35.5 Å². The number of aromatic nitrogens is 2. The highest BCUT2D eigenvalue weighted by atomic mass is 16.7. The molecule has 0 radical (unpaired) electrons. The van der Waals surface area contributed by atoms with E-state index in [0.717, 1.165) is 63.8 Å². The van der Waals surface area contributed by atoms with Gasteiger partial charge < -0.3 is 32.8 Å². The monoisotopic (exact) mass is 952 g/mol. The van der Waals surface area contributed by atoms with E-state index in [-0.39, 0.29) is 61.3 Å². The molecule has 1 aliphatic carbocycles. The first kappa shape index (κ1) is 48.5. The van der Waals surface area contributed by atoms with E-state index in [2.05, 4.69) is 137 Å². The number of pyridine rings is 1. The van der Waals surface area contributed by atoms with Crippen LogP contribution in [0.1, 0.15) is 127 Å². The summed E-state index contributed by atoms with van der Waals surface area (Å²) in [5.74, 6) is -0.142. The van der Waals surface area contributed by atoms with Crippen molar-refractivity contribution in [3.8, 4) is 22.4 Å². The first-order chi connectivity index (χ1) is 33.6. The molecule has 70 heavy (non-hydrogen) atoms. The SMILES string of the molecule is CCn1c(-c2cc(C3C[C@H]4COC[C@@H](C3)N4C(=O)OCC3c4ccccc4-c4ccccc43)cnc2[C@H](C)OC)c(CC(C)(C)COC(=O)[C@@H]2CCCNN2)c2cc(B3OC(C)(C)C(C)(C)O3)ccc21. The number of benzene rings is 3. The molecule has 2 aromatic heterocycles. The number of hydrogen-bond acceptors (Lipinski definition) is 11. The van der Waals surface area contributed by atoms with Crippen molar-refractivity contribution in [2.75, 3.05) is 40.1 Å². The molecule has 2 N–H and O–H groups in total. The van der Waals surface area contributed by atoms with E-state index in [9.17, 15) is 9.59 Å². The lowest BCUT2D eigenvalue weighted by atomic mass is 9.77. The molecule has 0 spiro atoms. The summed E-state index contributed by atoms with van der Waals surface area (Å²) >= 11 is 0. The van der Waals surface area contributed by atoms with Gasteiger partial charge in [0.1, 0.15) is 12.6 Å². The maximum atomic E-state index is 14.2. The van der Waals surface area contributed by atoms with Gasteiger partial charge in [-0.2, -0.15) is 0 Å². The van der Waals surface area contributed by atoms with Crippen molar-refractivity contribution in [2.24, 2.45) is 5.41 Å². The molecular formula is C56H70BN5O8. The number of rotatable bonds is 13. The quantitative estimate of drug-likeness (QED) is 0.0866. The zero-order valence-electron chi connectivity index (χ0n) is 42.4. The van der Waals surface area contributed by atoms with E-state index in [1.807, 2.05) is 18.0 Å².